The Kier molecular flexibility index (Phi) is 10.7. The highest BCUT2D eigenvalue weighted by molar-refractivity contribution is 14.1. The highest BCUT2D eigenvalue weighted by atomic mass is 127. The number of ether oxygens (including phenoxy) is 2. The molecule has 0 N–H and O–H groups in total. The number of anilines is 1. The van der Waals surface area contributed by atoms with E-state index in [-0.39, 0.29) is 18.6 Å². The van der Waals surface area contributed by atoms with Crippen LogP contribution in [0.25, 0.3) is 0 Å². The molecule has 2 rings (SSSR count). The molecule has 0 spiro atoms. The first-order valence-electron chi connectivity index (χ1n) is 11.6. The van der Waals surface area contributed by atoms with Crippen molar-refractivity contribution in [2.45, 2.75) is 58.1 Å². The van der Waals surface area contributed by atoms with E-state index in [1.165, 1.54) is 7.11 Å². The third-order valence-electron chi connectivity index (χ3n) is 5.96. The largest absolute Gasteiger partial charge is 0.468 e. The lowest BCUT2D eigenvalue weighted by molar-refractivity contribution is -0.142. The van der Waals surface area contributed by atoms with Gasteiger partial charge in [0.15, 0.2) is 0 Å². The summed E-state index contributed by atoms with van der Waals surface area (Å²) < 4.78 is 11.5. The molecular formula is C24H39IN4O4. The minimum absolute atomic E-state index is 0.237. The van der Waals surface area contributed by atoms with Crippen LogP contribution in [-0.4, -0.2) is 85.9 Å². The van der Waals surface area contributed by atoms with E-state index in [9.17, 15) is 9.59 Å². The Bertz CT molecular complexity index is 761. The van der Waals surface area contributed by atoms with Gasteiger partial charge >= 0.3 is 12.1 Å². The Morgan fingerprint density at radius 3 is 2.33 bits per heavy atom. The molecule has 1 amide bonds. The summed E-state index contributed by atoms with van der Waals surface area (Å²) in [4.78, 5) is 34.8. The van der Waals surface area contributed by atoms with Gasteiger partial charge in [0, 0.05) is 49.5 Å². The van der Waals surface area contributed by atoms with Gasteiger partial charge in [-0.1, -0.05) is 0 Å². The summed E-state index contributed by atoms with van der Waals surface area (Å²) in [5, 5.41) is 0. The van der Waals surface area contributed by atoms with Gasteiger partial charge in [0.05, 0.1) is 13.7 Å². The van der Waals surface area contributed by atoms with E-state index in [1.54, 1.807) is 11.9 Å². The summed E-state index contributed by atoms with van der Waals surface area (Å²) in [6.45, 7) is 7.87. The summed E-state index contributed by atoms with van der Waals surface area (Å²) in [7, 11) is 5.24. The summed E-state index contributed by atoms with van der Waals surface area (Å²) in [5.74, 6) is 1.34. The number of carbonyl (C=O) groups is 2. The average molecular weight is 575 g/mol. The molecule has 186 valence electrons. The first kappa shape index (κ1) is 27.6. The van der Waals surface area contributed by atoms with Gasteiger partial charge in [-0.3, -0.25) is 9.69 Å². The molecule has 8 nitrogen and oxygen atoms in total. The average Bonchev–Trinajstić information content (AvgIpc) is 2.76. The number of carbonyl (C=O) groups excluding carboxylic acids is 2. The van der Waals surface area contributed by atoms with Gasteiger partial charge < -0.3 is 19.3 Å². The molecule has 0 aliphatic heterocycles. The minimum atomic E-state index is -0.531. The summed E-state index contributed by atoms with van der Waals surface area (Å²) in [6.07, 6.45) is 5.77. The van der Waals surface area contributed by atoms with Gasteiger partial charge in [0.1, 0.15) is 11.4 Å². The van der Waals surface area contributed by atoms with E-state index in [0.717, 1.165) is 41.6 Å². The van der Waals surface area contributed by atoms with E-state index in [1.807, 2.05) is 27.0 Å². The van der Waals surface area contributed by atoms with Crippen LogP contribution < -0.4 is 4.90 Å². The van der Waals surface area contributed by atoms with Crippen molar-refractivity contribution in [2.75, 3.05) is 52.3 Å². The van der Waals surface area contributed by atoms with Gasteiger partial charge in [0.25, 0.3) is 0 Å². The van der Waals surface area contributed by atoms with Crippen molar-refractivity contribution in [1.29, 1.82) is 0 Å². The fourth-order valence-corrected chi connectivity index (χ4v) is 4.42. The molecule has 0 unspecified atom stereocenters. The zero-order valence-corrected chi connectivity index (χ0v) is 23.0. The highest BCUT2D eigenvalue weighted by Crippen LogP contribution is 2.29. The second-order valence-corrected chi connectivity index (χ2v) is 11.1. The Morgan fingerprint density at radius 2 is 1.79 bits per heavy atom. The quantitative estimate of drug-likeness (QED) is 0.326. The maximum Gasteiger partial charge on any atom is 0.410 e. The van der Waals surface area contributed by atoms with E-state index in [2.05, 4.69) is 56.6 Å². The molecule has 1 heterocycles. The minimum Gasteiger partial charge on any atom is -0.468 e. The Morgan fingerprint density at radius 1 is 1.12 bits per heavy atom. The fraction of sp³-hybridized carbons (Fsp3) is 0.708. The highest BCUT2D eigenvalue weighted by Gasteiger charge is 2.29. The van der Waals surface area contributed by atoms with Crippen molar-refractivity contribution in [3.05, 3.63) is 21.9 Å². The molecule has 9 heteroatoms. The molecule has 0 aromatic carbocycles. The molecule has 0 bridgehead atoms. The normalized spacial score (nSPS) is 18.7. The molecule has 0 atom stereocenters. The van der Waals surface area contributed by atoms with Crippen LogP contribution in [0.2, 0.25) is 0 Å². The van der Waals surface area contributed by atoms with Crippen LogP contribution in [0, 0.1) is 9.49 Å². The lowest BCUT2D eigenvalue weighted by atomic mass is 9.85. The van der Waals surface area contributed by atoms with Gasteiger partial charge in [-0.2, -0.15) is 0 Å². The van der Waals surface area contributed by atoms with Crippen LogP contribution in [0.5, 0.6) is 0 Å². The van der Waals surface area contributed by atoms with Crippen molar-refractivity contribution in [1.82, 2.24) is 14.8 Å². The third-order valence-corrected chi connectivity index (χ3v) is 6.59. The van der Waals surface area contributed by atoms with Crippen LogP contribution >= 0.6 is 22.6 Å². The summed E-state index contributed by atoms with van der Waals surface area (Å²) in [6, 6.07) is 4.44. The van der Waals surface area contributed by atoms with Crippen LogP contribution in [-0.2, 0) is 14.3 Å². The smallest absolute Gasteiger partial charge is 0.410 e. The van der Waals surface area contributed by atoms with Crippen LogP contribution in [0.15, 0.2) is 18.3 Å². The number of pyridine rings is 1. The Balaban J connectivity index is 1.89. The van der Waals surface area contributed by atoms with Crippen LogP contribution in [0.1, 0.15) is 46.5 Å². The molecular weight excluding hydrogens is 535 g/mol. The monoisotopic (exact) mass is 574 g/mol. The standard InChI is InChI=1S/C24H39IN4O4/c1-24(2,3)33-23(31)27(4)13-14-29(17-22(30)32-6)20-10-7-18(8-11-20)16-28(5)21-12-9-19(25)15-26-21/h9,12,15,18,20H,7-8,10-11,13-14,16-17H2,1-6H3/t18-,20-. The van der Waals surface area contributed by atoms with Gasteiger partial charge in [-0.15, -0.1) is 0 Å². The molecule has 1 saturated carbocycles. The molecule has 1 aromatic heterocycles. The van der Waals surface area contributed by atoms with E-state index >= 15 is 0 Å². The lowest BCUT2D eigenvalue weighted by Crippen LogP contribution is -2.46. The Hall–Kier alpha value is -1.62. The number of hydrogen-bond acceptors (Lipinski definition) is 7. The van der Waals surface area contributed by atoms with Crippen molar-refractivity contribution >= 4 is 40.5 Å². The van der Waals surface area contributed by atoms with Crippen LogP contribution in [0.3, 0.4) is 0 Å². The number of nitrogens with zero attached hydrogens (tertiary/aromatic N) is 4. The topological polar surface area (TPSA) is 75.2 Å². The van der Waals surface area contributed by atoms with E-state index < -0.39 is 5.60 Å². The molecule has 0 radical (unpaired) electrons. The number of hydrogen-bond donors (Lipinski definition) is 0. The number of halogens is 1. The molecule has 1 aromatic rings. The molecule has 33 heavy (non-hydrogen) atoms. The lowest BCUT2D eigenvalue weighted by Gasteiger charge is -2.38. The van der Waals surface area contributed by atoms with Crippen molar-refractivity contribution in [3.63, 3.8) is 0 Å². The predicted octanol–water partition coefficient (Wildman–Crippen LogP) is 4.02. The van der Waals surface area contributed by atoms with E-state index in [0.29, 0.717) is 25.0 Å². The molecule has 1 fully saturated rings. The number of likely N-dealkylation sites (N-methyl/N-ethyl adjacent to an activating group) is 1. The van der Waals surface area contributed by atoms with Crippen molar-refractivity contribution < 1.29 is 19.1 Å². The predicted molar refractivity (Wildman–Crippen MR) is 138 cm³/mol. The summed E-state index contributed by atoms with van der Waals surface area (Å²) >= 11 is 2.27. The van der Waals surface area contributed by atoms with Crippen molar-refractivity contribution in [3.8, 4) is 0 Å². The van der Waals surface area contributed by atoms with E-state index in [4.69, 9.17) is 9.47 Å². The number of esters is 1. The van der Waals surface area contributed by atoms with Gasteiger partial charge in [-0.25, -0.2) is 9.78 Å². The zero-order chi connectivity index (χ0) is 24.6. The summed E-state index contributed by atoms with van der Waals surface area (Å²) in [5.41, 5.74) is -0.531. The molecule has 1 aliphatic rings. The zero-order valence-electron chi connectivity index (χ0n) is 20.8. The van der Waals surface area contributed by atoms with Crippen molar-refractivity contribution in [2.24, 2.45) is 5.92 Å². The first-order valence-corrected chi connectivity index (χ1v) is 12.6. The molecule has 0 saturated heterocycles. The molecule has 1 aliphatic carbocycles. The number of rotatable bonds is 9. The van der Waals surface area contributed by atoms with Crippen LogP contribution in [0.4, 0.5) is 10.6 Å². The van der Waals surface area contributed by atoms with Gasteiger partial charge in [0.2, 0.25) is 0 Å². The number of methoxy groups -OCH3 is 1. The number of aromatic nitrogens is 1. The second kappa shape index (κ2) is 12.7. The fourth-order valence-electron chi connectivity index (χ4n) is 4.10. The number of amides is 1. The maximum atomic E-state index is 12.3. The Labute approximate surface area is 212 Å². The second-order valence-electron chi connectivity index (χ2n) is 9.84. The third kappa shape index (κ3) is 9.64. The maximum absolute atomic E-state index is 12.3. The first-order chi connectivity index (χ1) is 15.5. The SMILES string of the molecule is COC(=O)CN(CCN(C)C(=O)OC(C)(C)C)[C@H]1CC[C@H](CN(C)c2ccc(I)cn2)CC1. The van der Waals surface area contributed by atoms with Gasteiger partial charge in [-0.05, 0) is 87.1 Å².